The molecular weight excluding hydrogens is 342 g/mol. The smallest absolute Gasteiger partial charge is 0.259 e. The van der Waals surface area contributed by atoms with E-state index in [1.54, 1.807) is 12.1 Å². The summed E-state index contributed by atoms with van der Waals surface area (Å²) in [5.74, 6) is 0.952. The number of aryl methyl sites for hydroxylation is 2. The van der Waals surface area contributed by atoms with Crippen molar-refractivity contribution in [1.82, 2.24) is 5.43 Å². The van der Waals surface area contributed by atoms with Crippen molar-refractivity contribution >= 4 is 29.4 Å². The monoisotopic (exact) mass is 359 g/mol. The molecule has 0 atom stereocenters. The van der Waals surface area contributed by atoms with E-state index in [9.17, 15) is 4.79 Å². The molecule has 0 bridgehead atoms. The van der Waals surface area contributed by atoms with Crippen LogP contribution in [0.15, 0.2) is 35.4 Å². The Morgan fingerprint density at radius 3 is 2.64 bits per heavy atom. The molecule has 0 unspecified atom stereocenters. The number of ether oxygens (including phenoxy) is 2. The standard InChI is InChI=1S/C18H18ClN3O3/c1-11-4-3-5-12(2)18(11)20-9-17(23)22-21-8-13-6-15-16(7-14(13)19)25-10-24-15/h3-8,20H,9-10H2,1-2H3,(H,22,23)/b21-8-. The predicted octanol–water partition coefficient (Wildman–Crippen LogP) is 3.25. The van der Waals surface area contributed by atoms with Crippen molar-refractivity contribution in [2.24, 2.45) is 5.10 Å². The summed E-state index contributed by atoms with van der Waals surface area (Å²) >= 11 is 6.15. The lowest BCUT2D eigenvalue weighted by Crippen LogP contribution is -2.26. The highest BCUT2D eigenvalue weighted by molar-refractivity contribution is 6.33. The first-order chi connectivity index (χ1) is 12.0. The number of para-hydroxylation sites is 1. The molecule has 2 N–H and O–H groups in total. The molecule has 130 valence electrons. The Morgan fingerprint density at radius 2 is 1.92 bits per heavy atom. The Kier molecular flexibility index (Phi) is 5.09. The van der Waals surface area contributed by atoms with Gasteiger partial charge >= 0.3 is 0 Å². The quantitative estimate of drug-likeness (QED) is 0.635. The van der Waals surface area contributed by atoms with Crippen molar-refractivity contribution in [2.45, 2.75) is 13.8 Å². The number of nitrogens with one attached hydrogen (secondary N) is 2. The molecule has 0 aliphatic carbocycles. The van der Waals surface area contributed by atoms with Gasteiger partial charge in [-0.3, -0.25) is 4.79 Å². The lowest BCUT2D eigenvalue weighted by Gasteiger charge is -2.11. The van der Waals surface area contributed by atoms with Gasteiger partial charge in [0.15, 0.2) is 11.5 Å². The number of carbonyl (C=O) groups is 1. The molecule has 7 heteroatoms. The number of nitrogens with zero attached hydrogens (tertiary/aromatic N) is 1. The third-order valence-corrected chi connectivity index (χ3v) is 4.12. The van der Waals surface area contributed by atoms with Gasteiger partial charge in [0, 0.05) is 17.3 Å². The Bertz CT molecular complexity index is 816. The number of amides is 1. The number of fused-ring (bicyclic) bond motifs is 1. The van der Waals surface area contributed by atoms with Gasteiger partial charge in [-0.05, 0) is 31.0 Å². The van der Waals surface area contributed by atoms with Crippen molar-refractivity contribution in [3.8, 4) is 11.5 Å². The van der Waals surface area contributed by atoms with E-state index in [1.165, 1.54) is 6.21 Å². The summed E-state index contributed by atoms with van der Waals surface area (Å²) in [6.07, 6.45) is 1.47. The fraction of sp³-hybridized carbons (Fsp3) is 0.222. The molecule has 0 saturated heterocycles. The molecule has 3 rings (SSSR count). The molecule has 0 radical (unpaired) electrons. The fourth-order valence-electron chi connectivity index (χ4n) is 2.51. The van der Waals surface area contributed by atoms with Crippen LogP contribution in [-0.4, -0.2) is 25.5 Å². The molecule has 2 aromatic rings. The number of hydrogen-bond acceptors (Lipinski definition) is 5. The van der Waals surface area contributed by atoms with Gasteiger partial charge in [-0.25, -0.2) is 5.43 Å². The zero-order chi connectivity index (χ0) is 17.8. The SMILES string of the molecule is Cc1cccc(C)c1NCC(=O)N/N=C\c1cc2c(cc1Cl)OCO2. The molecule has 1 amide bonds. The molecule has 1 heterocycles. The van der Waals surface area contributed by atoms with Gasteiger partial charge in [-0.15, -0.1) is 0 Å². The number of carbonyl (C=O) groups excluding carboxylic acids is 1. The van der Waals surface area contributed by atoms with Gasteiger partial charge in [-0.2, -0.15) is 5.10 Å². The Morgan fingerprint density at radius 1 is 1.24 bits per heavy atom. The van der Waals surface area contributed by atoms with Crippen LogP contribution in [0.1, 0.15) is 16.7 Å². The summed E-state index contributed by atoms with van der Waals surface area (Å²) in [5, 5.41) is 7.53. The minimum Gasteiger partial charge on any atom is -0.454 e. The predicted molar refractivity (Wildman–Crippen MR) is 97.7 cm³/mol. The van der Waals surface area contributed by atoms with Crippen LogP contribution in [0.2, 0.25) is 5.02 Å². The zero-order valence-electron chi connectivity index (χ0n) is 13.9. The first-order valence-corrected chi connectivity index (χ1v) is 8.13. The molecule has 6 nitrogen and oxygen atoms in total. The van der Waals surface area contributed by atoms with Crippen LogP contribution < -0.4 is 20.2 Å². The highest BCUT2D eigenvalue weighted by Gasteiger charge is 2.15. The second-order valence-corrected chi connectivity index (χ2v) is 6.05. The second-order valence-electron chi connectivity index (χ2n) is 5.64. The van der Waals surface area contributed by atoms with Crippen molar-refractivity contribution in [3.63, 3.8) is 0 Å². The summed E-state index contributed by atoms with van der Waals surface area (Å²) in [5.41, 5.74) is 6.24. The average Bonchev–Trinajstić information content (AvgIpc) is 3.01. The normalized spacial score (nSPS) is 12.4. The third kappa shape index (κ3) is 4.03. The van der Waals surface area contributed by atoms with E-state index in [-0.39, 0.29) is 19.2 Å². The van der Waals surface area contributed by atoms with E-state index in [4.69, 9.17) is 21.1 Å². The van der Waals surface area contributed by atoms with Crippen LogP contribution in [0.5, 0.6) is 11.5 Å². The van der Waals surface area contributed by atoms with E-state index in [0.717, 1.165) is 16.8 Å². The summed E-state index contributed by atoms with van der Waals surface area (Å²) in [6.45, 7) is 4.28. The summed E-state index contributed by atoms with van der Waals surface area (Å²) in [7, 11) is 0. The van der Waals surface area contributed by atoms with Crippen LogP contribution in [0.3, 0.4) is 0 Å². The van der Waals surface area contributed by atoms with Gasteiger partial charge in [0.25, 0.3) is 5.91 Å². The van der Waals surface area contributed by atoms with Gasteiger partial charge < -0.3 is 14.8 Å². The van der Waals surface area contributed by atoms with E-state index < -0.39 is 0 Å². The number of rotatable bonds is 5. The van der Waals surface area contributed by atoms with Crippen molar-refractivity contribution in [3.05, 3.63) is 52.0 Å². The van der Waals surface area contributed by atoms with E-state index in [2.05, 4.69) is 15.8 Å². The van der Waals surface area contributed by atoms with E-state index >= 15 is 0 Å². The molecule has 2 aromatic carbocycles. The third-order valence-electron chi connectivity index (χ3n) is 3.79. The lowest BCUT2D eigenvalue weighted by molar-refractivity contribution is -0.119. The minimum absolute atomic E-state index is 0.123. The second kappa shape index (κ2) is 7.44. The summed E-state index contributed by atoms with van der Waals surface area (Å²) in [4.78, 5) is 11.9. The fourth-order valence-corrected chi connectivity index (χ4v) is 2.71. The molecule has 0 fully saturated rings. The highest BCUT2D eigenvalue weighted by Crippen LogP contribution is 2.36. The first-order valence-electron chi connectivity index (χ1n) is 7.76. The van der Waals surface area contributed by atoms with Crippen LogP contribution in [0.25, 0.3) is 0 Å². The summed E-state index contributed by atoms with van der Waals surface area (Å²) < 4.78 is 10.5. The molecule has 1 aliphatic heterocycles. The van der Waals surface area contributed by atoms with Crippen LogP contribution >= 0.6 is 11.6 Å². The van der Waals surface area contributed by atoms with Crippen LogP contribution in [0.4, 0.5) is 5.69 Å². The van der Waals surface area contributed by atoms with E-state index in [0.29, 0.717) is 22.1 Å². The Hall–Kier alpha value is -2.73. The van der Waals surface area contributed by atoms with Crippen molar-refractivity contribution in [2.75, 3.05) is 18.7 Å². The maximum absolute atomic E-state index is 11.9. The minimum atomic E-state index is -0.254. The molecule has 0 spiro atoms. The van der Waals surface area contributed by atoms with E-state index in [1.807, 2.05) is 32.0 Å². The number of anilines is 1. The molecule has 0 aromatic heterocycles. The highest BCUT2D eigenvalue weighted by atomic mass is 35.5. The molecular formula is C18H18ClN3O3. The van der Waals surface area contributed by atoms with Gasteiger partial charge in [0.05, 0.1) is 17.8 Å². The maximum Gasteiger partial charge on any atom is 0.259 e. The molecule has 0 saturated carbocycles. The van der Waals surface area contributed by atoms with Crippen LogP contribution in [0, 0.1) is 13.8 Å². The molecule has 25 heavy (non-hydrogen) atoms. The van der Waals surface area contributed by atoms with Crippen molar-refractivity contribution < 1.29 is 14.3 Å². The number of hydrogen-bond donors (Lipinski definition) is 2. The Balaban J connectivity index is 1.57. The largest absolute Gasteiger partial charge is 0.454 e. The Labute approximate surface area is 150 Å². The lowest BCUT2D eigenvalue weighted by atomic mass is 10.1. The number of benzene rings is 2. The number of hydrazone groups is 1. The van der Waals surface area contributed by atoms with Gasteiger partial charge in [0.2, 0.25) is 6.79 Å². The first kappa shape index (κ1) is 17.1. The van der Waals surface area contributed by atoms with Gasteiger partial charge in [0.1, 0.15) is 0 Å². The zero-order valence-corrected chi connectivity index (χ0v) is 14.7. The van der Waals surface area contributed by atoms with Gasteiger partial charge in [-0.1, -0.05) is 29.8 Å². The maximum atomic E-state index is 11.9. The van der Waals surface area contributed by atoms with Crippen LogP contribution in [-0.2, 0) is 4.79 Å². The summed E-state index contributed by atoms with van der Waals surface area (Å²) in [6, 6.07) is 9.35. The average molecular weight is 360 g/mol. The number of halogens is 1. The van der Waals surface area contributed by atoms with Crippen molar-refractivity contribution in [1.29, 1.82) is 0 Å². The molecule has 1 aliphatic rings. The topological polar surface area (TPSA) is 72.0 Å².